The molecule has 4 nitrogen and oxygen atoms in total. The summed E-state index contributed by atoms with van der Waals surface area (Å²) in [6, 6.07) is 0. The van der Waals surface area contributed by atoms with Crippen molar-refractivity contribution in [3.8, 4) is 0 Å². The van der Waals surface area contributed by atoms with Crippen LogP contribution in [0.2, 0.25) is 5.15 Å². The maximum absolute atomic E-state index is 6.13. The summed E-state index contributed by atoms with van der Waals surface area (Å²) < 4.78 is 5.33. The molecule has 1 aromatic rings. The number of aromatic nitrogens is 2. The van der Waals surface area contributed by atoms with Crippen molar-refractivity contribution in [2.24, 2.45) is 0 Å². The Balaban J connectivity index is 2.34. The van der Waals surface area contributed by atoms with Gasteiger partial charge in [-0.1, -0.05) is 25.4 Å². The lowest BCUT2D eigenvalue weighted by Crippen LogP contribution is -2.37. The Morgan fingerprint density at radius 3 is 2.62 bits per heavy atom. The van der Waals surface area contributed by atoms with Crippen molar-refractivity contribution >= 4 is 17.4 Å². The Morgan fingerprint density at radius 2 is 2.00 bits per heavy atom. The van der Waals surface area contributed by atoms with E-state index in [1.54, 1.807) is 0 Å². The van der Waals surface area contributed by atoms with Gasteiger partial charge in [-0.25, -0.2) is 9.97 Å². The van der Waals surface area contributed by atoms with E-state index in [1.807, 2.05) is 0 Å². The molecule has 0 N–H and O–H groups in total. The van der Waals surface area contributed by atoms with Crippen LogP contribution in [0.4, 0.5) is 5.82 Å². The third-order valence-electron chi connectivity index (χ3n) is 2.70. The molecule has 0 radical (unpaired) electrons. The van der Waals surface area contributed by atoms with Crippen LogP contribution in [0.1, 0.15) is 25.3 Å². The van der Waals surface area contributed by atoms with Crippen LogP contribution in [-0.2, 0) is 4.74 Å². The molecule has 1 aromatic heterocycles. The van der Waals surface area contributed by atoms with E-state index in [0.29, 0.717) is 11.1 Å². The number of hydrogen-bond acceptors (Lipinski definition) is 4. The highest BCUT2D eigenvalue weighted by Gasteiger charge is 2.20. The third-order valence-corrected chi connectivity index (χ3v) is 3.00. The van der Waals surface area contributed by atoms with E-state index in [4.69, 9.17) is 16.3 Å². The standard InChI is InChI=1S/C11H16ClN3O/c1-8(2)9-10(12)13-7-14-11(9)15-3-5-16-6-4-15/h7-8H,3-6H2,1-2H3. The van der Waals surface area contributed by atoms with Crippen molar-refractivity contribution in [1.29, 1.82) is 0 Å². The maximum Gasteiger partial charge on any atom is 0.138 e. The fourth-order valence-electron chi connectivity index (χ4n) is 1.89. The molecular formula is C11H16ClN3O. The molecule has 5 heteroatoms. The first kappa shape index (κ1) is 11.6. The lowest BCUT2D eigenvalue weighted by Gasteiger charge is -2.30. The van der Waals surface area contributed by atoms with Gasteiger partial charge in [0.2, 0.25) is 0 Å². The van der Waals surface area contributed by atoms with E-state index in [2.05, 4.69) is 28.7 Å². The summed E-state index contributed by atoms with van der Waals surface area (Å²) in [6.45, 7) is 7.45. The maximum atomic E-state index is 6.13. The monoisotopic (exact) mass is 241 g/mol. The normalized spacial score (nSPS) is 16.9. The fourth-order valence-corrected chi connectivity index (χ4v) is 2.24. The summed E-state index contributed by atoms with van der Waals surface area (Å²) in [5.74, 6) is 1.28. The molecule has 1 aliphatic rings. The summed E-state index contributed by atoms with van der Waals surface area (Å²) >= 11 is 6.13. The van der Waals surface area contributed by atoms with E-state index in [0.717, 1.165) is 37.7 Å². The van der Waals surface area contributed by atoms with Crippen LogP contribution in [0.15, 0.2) is 6.33 Å². The lowest BCUT2D eigenvalue weighted by molar-refractivity contribution is 0.122. The molecule has 0 bridgehead atoms. The molecule has 2 heterocycles. The van der Waals surface area contributed by atoms with Crippen molar-refractivity contribution in [2.75, 3.05) is 31.2 Å². The number of nitrogens with zero attached hydrogens (tertiary/aromatic N) is 3. The van der Waals surface area contributed by atoms with Gasteiger partial charge in [-0.2, -0.15) is 0 Å². The quantitative estimate of drug-likeness (QED) is 0.744. The van der Waals surface area contributed by atoms with Gasteiger partial charge >= 0.3 is 0 Å². The second-order valence-electron chi connectivity index (χ2n) is 4.16. The first-order valence-corrected chi connectivity index (χ1v) is 5.91. The van der Waals surface area contributed by atoms with Gasteiger partial charge in [0, 0.05) is 18.7 Å². The zero-order valence-corrected chi connectivity index (χ0v) is 10.4. The van der Waals surface area contributed by atoms with E-state index in [9.17, 15) is 0 Å². The van der Waals surface area contributed by atoms with Crippen LogP contribution in [0, 0.1) is 0 Å². The van der Waals surface area contributed by atoms with Crippen molar-refractivity contribution in [3.05, 3.63) is 17.0 Å². The Morgan fingerprint density at radius 1 is 1.31 bits per heavy atom. The minimum Gasteiger partial charge on any atom is -0.378 e. The lowest BCUT2D eigenvalue weighted by atomic mass is 10.1. The van der Waals surface area contributed by atoms with Crippen molar-refractivity contribution in [1.82, 2.24) is 9.97 Å². The van der Waals surface area contributed by atoms with Crippen LogP contribution in [0.5, 0.6) is 0 Å². The van der Waals surface area contributed by atoms with E-state index >= 15 is 0 Å². The molecule has 0 unspecified atom stereocenters. The molecule has 88 valence electrons. The molecule has 1 saturated heterocycles. The molecule has 1 fully saturated rings. The van der Waals surface area contributed by atoms with Crippen LogP contribution in [0.3, 0.4) is 0 Å². The van der Waals surface area contributed by atoms with Crippen molar-refractivity contribution in [2.45, 2.75) is 19.8 Å². The predicted molar refractivity (Wildman–Crippen MR) is 64.2 cm³/mol. The summed E-state index contributed by atoms with van der Waals surface area (Å²) in [5, 5.41) is 0.562. The smallest absolute Gasteiger partial charge is 0.138 e. The number of hydrogen-bond donors (Lipinski definition) is 0. The second-order valence-corrected chi connectivity index (χ2v) is 4.51. The van der Waals surface area contributed by atoms with Gasteiger partial charge in [0.25, 0.3) is 0 Å². The molecular weight excluding hydrogens is 226 g/mol. The van der Waals surface area contributed by atoms with E-state index in [-0.39, 0.29) is 0 Å². The molecule has 0 atom stereocenters. The Kier molecular flexibility index (Phi) is 3.61. The number of rotatable bonds is 2. The average molecular weight is 242 g/mol. The van der Waals surface area contributed by atoms with E-state index in [1.165, 1.54) is 6.33 Å². The SMILES string of the molecule is CC(C)c1c(Cl)ncnc1N1CCOCC1. The minimum absolute atomic E-state index is 0.326. The summed E-state index contributed by atoms with van der Waals surface area (Å²) in [7, 11) is 0. The Labute approximate surface area is 101 Å². The molecule has 2 rings (SSSR count). The first-order valence-electron chi connectivity index (χ1n) is 5.53. The highest BCUT2D eigenvalue weighted by Crippen LogP contribution is 2.30. The summed E-state index contributed by atoms with van der Waals surface area (Å²) in [6.07, 6.45) is 1.53. The van der Waals surface area contributed by atoms with E-state index < -0.39 is 0 Å². The van der Waals surface area contributed by atoms with Gasteiger partial charge in [-0.3, -0.25) is 0 Å². The van der Waals surface area contributed by atoms with Gasteiger partial charge in [0.1, 0.15) is 17.3 Å². The number of morpholine rings is 1. The predicted octanol–water partition coefficient (Wildman–Crippen LogP) is 2.09. The van der Waals surface area contributed by atoms with Crippen LogP contribution < -0.4 is 4.90 Å². The zero-order valence-electron chi connectivity index (χ0n) is 9.61. The minimum atomic E-state index is 0.326. The molecule has 0 spiro atoms. The first-order chi connectivity index (χ1) is 7.70. The van der Waals surface area contributed by atoms with Crippen LogP contribution >= 0.6 is 11.6 Å². The van der Waals surface area contributed by atoms with Crippen LogP contribution in [-0.4, -0.2) is 36.3 Å². The van der Waals surface area contributed by atoms with Gasteiger partial charge in [-0.05, 0) is 5.92 Å². The molecule has 0 saturated carbocycles. The summed E-state index contributed by atoms with van der Waals surface area (Å²) in [4.78, 5) is 10.6. The molecule has 0 amide bonds. The van der Waals surface area contributed by atoms with Gasteiger partial charge < -0.3 is 9.64 Å². The number of halogens is 1. The van der Waals surface area contributed by atoms with Crippen molar-refractivity contribution in [3.63, 3.8) is 0 Å². The van der Waals surface area contributed by atoms with Gasteiger partial charge in [-0.15, -0.1) is 0 Å². The molecule has 1 aliphatic heterocycles. The fraction of sp³-hybridized carbons (Fsp3) is 0.636. The number of anilines is 1. The molecule has 0 aromatic carbocycles. The molecule has 0 aliphatic carbocycles. The van der Waals surface area contributed by atoms with Gasteiger partial charge in [0.15, 0.2) is 0 Å². The van der Waals surface area contributed by atoms with Crippen LogP contribution in [0.25, 0.3) is 0 Å². The second kappa shape index (κ2) is 4.97. The zero-order chi connectivity index (χ0) is 11.5. The molecule has 16 heavy (non-hydrogen) atoms. The third kappa shape index (κ3) is 2.28. The Bertz CT molecular complexity index is 364. The van der Waals surface area contributed by atoms with Gasteiger partial charge in [0.05, 0.1) is 13.2 Å². The average Bonchev–Trinajstić information content (AvgIpc) is 2.29. The topological polar surface area (TPSA) is 38.2 Å². The highest BCUT2D eigenvalue weighted by molar-refractivity contribution is 6.30. The Hall–Kier alpha value is -0.870. The summed E-state index contributed by atoms with van der Waals surface area (Å²) in [5.41, 5.74) is 1.03. The number of ether oxygens (including phenoxy) is 1. The van der Waals surface area contributed by atoms with Crippen molar-refractivity contribution < 1.29 is 4.74 Å². The highest BCUT2D eigenvalue weighted by atomic mass is 35.5. The largest absolute Gasteiger partial charge is 0.378 e.